The van der Waals surface area contributed by atoms with Gasteiger partial charge in [0.1, 0.15) is 6.07 Å². The van der Waals surface area contributed by atoms with E-state index in [9.17, 15) is 0 Å². The highest BCUT2D eigenvalue weighted by Gasteiger charge is 2.22. The molecule has 86 valence electrons. The van der Waals surface area contributed by atoms with E-state index in [2.05, 4.69) is 18.3 Å². The van der Waals surface area contributed by atoms with Crippen LogP contribution in [-0.4, -0.2) is 6.54 Å². The van der Waals surface area contributed by atoms with Gasteiger partial charge in [0.05, 0.1) is 5.56 Å². The number of hydrogen-bond acceptors (Lipinski definition) is 3. The molecule has 2 rings (SSSR count). The van der Waals surface area contributed by atoms with Gasteiger partial charge in [-0.1, -0.05) is 19.8 Å². The van der Waals surface area contributed by atoms with Crippen LogP contribution in [0.2, 0.25) is 0 Å². The SMILES string of the molecule is CC1CCCC1CNCc1cc(C#N)cs1. The summed E-state index contributed by atoms with van der Waals surface area (Å²) in [4.78, 5) is 1.27. The van der Waals surface area contributed by atoms with Gasteiger partial charge in [0.15, 0.2) is 0 Å². The normalized spacial score (nSPS) is 24.5. The summed E-state index contributed by atoms with van der Waals surface area (Å²) in [6.45, 7) is 4.40. The summed E-state index contributed by atoms with van der Waals surface area (Å²) >= 11 is 1.67. The van der Waals surface area contributed by atoms with Gasteiger partial charge in [-0.2, -0.15) is 5.26 Å². The fraction of sp³-hybridized carbons (Fsp3) is 0.615. The maximum Gasteiger partial charge on any atom is 0.100 e. The Morgan fingerprint density at radius 3 is 3.06 bits per heavy atom. The third kappa shape index (κ3) is 2.84. The van der Waals surface area contributed by atoms with Crippen molar-refractivity contribution in [3.05, 3.63) is 21.9 Å². The van der Waals surface area contributed by atoms with Crippen LogP contribution in [0.15, 0.2) is 11.4 Å². The van der Waals surface area contributed by atoms with Crippen LogP contribution in [0, 0.1) is 23.2 Å². The molecule has 0 spiro atoms. The highest BCUT2D eigenvalue weighted by Crippen LogP contribution is 2.30. The lowest BCUT2D eigenvalue weighted by molar-refractivity contribution is 0.392. The van der Waals surface area contributed by atoms with Crippen molar-refractivity contribution in [1.29, 1.82) is 5.26 Å². The molecular formula is C13H18N2S. The number of rotatable bonds is 4. The second kappa shape index (κ2) is 5.47. The minimum Gasteiger partial charge on any atom is -0.312 e. The lowest BCUT2D eigenvalue weighted by atomic mass is 9.98. The van der Waals surface area contributed by atoms with E-state index >= 15 is 0 Å². The Morgan fingerprint density at radius 2 is 2.44 bits per heavy atom. The van der Waals surface area contributed by atoms with Crippen molar-refractivity contribution < 1.29 is 0 Å². The van der Waals surface area contributed by atoms with Gasteiger partial charge in [0.25, 0.3) is 0 Å². The second-order valence-corrected chi connectivity index (χ2v) is 5.71. The Bertz CT molecular complexity index is 378. The quantitative estimate of drug-likeness (QED) is 0.868. The monoisotopic (exact) mass is 234 g/mol. The van der Waals surface area contributed by atoms with Gasteiger partial charge in [0.2, 0.25) is 0 Å². The van der Waals surface area contributed by atoms with Gasteiger partial charge >= 0.3 is 0 Å². The third-order valence-corrected chi connectivity index (χ3v) is 4.46. The van der Waals surface area contributed by atoms with Gasteiger partial charge < -0.3 is 5.32 Å². The lowest BCUT2D eigenvalue weighted by Gasteiger charge is -2.15. The van der Waals surface area contributed by atoms with E-state index < -0.39 is 0 Å². The van der Waals surface area contributed by atoms with Gasteiger partial charge in [-0.25, -0.2) is 0 Å². The molecule has 0 amide bonds. The smallest absolute Gasteiger partial charge is 0.100 e. The van der Waals surface area contributed by atoms with E-state index in [1.54, 1.807) is 11.3 Å². The average molecular weight is 234 g/mol. The van der Waals surface area contributed by atoms with Crippen molar-refractivity contribution in [1.82, 2.24) is 5.32 Å². The predicted octanol–water partition coefficient (Wildman–Crippen LogP) is 3.15. The second-order valence-electron chi connectivity index (χ2n) is 4.71. The summed E-state index contributed by atoms with van der Waals surface area (Å²) in [6.07, 6.45) is 4.16. The zero-order valence-electron chi connectivity index (χ0n) is 9.70. The summed E-state index contributed by atoms with van der Waals surface area (Å²) in [5.41, 5.74) is 0.788. The van der Waals surface area contributed by atoms with E-state index in [-0.39, 0.29) is 0 Å². The Balaban J connectivity index is 1.73. The number of nitriles is 1. The van der Waals surface area contributed by atoms with Crippen molar-refractivity contribution >= 4 is 11.3 Å². The Morgan fingerprint density at radius 1 is 1.56 bits per heavy atom. The van der Waals surface area contributed by atoms with E-state index in [0.717, 1.165) is 30.5 Å². The molecule has 1 heterocycles. The zero-order chi connectivity index (χ0) is 11.4. The molecule has 0 bridgehead atoms. The summed E-state index contributed by atoms with van der Waals surface area (Å²) in [5, 5.41) is 14.2. The highest BCUT2D eigenvalue weighted by atomic mass is 32.1. The van der Waals surface area contributed by atoms with Crippen LogP contribution in [0.25, 0.3) is 0 Å². The molecule has 16 heavy (non-hydrogen) atoms. The molecule has 1 aliphatic carbocycles. The van der Waals surface area contributed by atoms with Gasteiger partial charge in [-0.15, -0.1) is 11.3 Å². The summed E-state index contributed by atoms with van der Waals surface area (Å²) in [7, 11) is 0. The predicted molar refractivity (Wildman–Crippen MR) is 67.2 cm³/mol. The first-order chi connectivity index (χ1) is 7.79. The van der Waals surface area contributed by atoms with Crippen LogP contribution in [0.3, 0.4) is 0 Å². The third-order valence-electron chi connectivity index (χ3n) is 3.53. The van der Waals surface area contributed by atoms with E-state index in [4.69, 9.17) is 5.26 Å². The van der Waals surface area contributed by atoms with Crippen molar-refractivity contribution in [2.24, 2.45) is 11.8 Å². The number of nitrogens with zero attached hydrogens (tertiary/aromatic N) is 1. The standard InChI is InChI=1S/C13H18N2S/c1-10-3-2-4-12(10)7-15-8-13-5-11(6-14)9-16-13/h5,9-10,12,15H,2-4,7-8H2,1H3. The molecule has 1 aliphatic rings. The Hall–Kier alpha value is -0.850. The molecule has 0 radical (unpaired) electrons. The number of nitrogens with one attached hydrogen (secondary N) is 1. The van der Waals surface area contributed by atoms with Crippen molar-refractivity contribution in [3.8, 4) is 6.07 Å². The molecular weight excluding hydrogens is 216 g/mol. The van der Waals surface area contributed by atoms with Crippen molar-refractivity contribution in [2.45, 2.75) is 32.7 Å². The Labute approximate surface area is 101 Å². The topological polar surface area (TPSA) is 35.8 Å². The van der Waals surface area contributed by atoms with Crippen molar-refractivity contribution in [2.75, 3.05) is 6.54 Å². The minimum atomic E-state index is 0.788. The molecule has 0 aromatic carbocycles. The molecule has 0 aliphatic heterocycles. The van der Waals surface area contributed by atoms with Crippen molar-refractivity contribution in [3.63, 3.8) is 0 Å². The molecule has 1 aromatic heterocycles. The maximum atomic E-state index is 8.72. The molecule has 1 saturated carbocycles. The molecule has 1 N–H and O–H groups in total. The van der Waals surface area contributed by atoms with Crippen LogP contribution in [0.4, 0.5) is 0 Å². The maximum absolute atomic E-state index is 8.72. The number of hydrogen-bond donors (Lipinski definition) is 1. The molecule has 2 nitrogen and oxygen atoms in total. The minimum absolute atomic E-state index is 0.788. The van der Waals surface area contributed by atoms with Crippen LogP contribution >= 0.6 is 11.3 Å². The number of thiophene rings is 1. The van der Waals surface area contributed by atoms with E-state index in [1.165, 1.54) is 24.1 Å². The molecule has 2 unspecified atom stereocenters. The highest BCUT2D eigenvalue weighted by molar-refractivity contribution is 7.10. The first-order valence-electron chi connectivity index (χ1n) is 5.98. The summed E-state index contributed by atoms with van der Waals surface area (Å²) in [5.74, 6) is 1.74. The molecule has 2 atom stereocenters. The van der Waals surface area contributed by atoms with Crippen LogP contribution in [0.5, 0.6) is 0 Å². The first kappa shape index (κ1) is 11.6. The molecule has 1 fully saturated rings. The lowest BCUT2D eigenvalue weighted by Crippen LogP contribution is -2.23. The average Bonchev–Trinajstić information content (AvgIpc) is 2.89. The van der Waals surface area contributed by atoms with Gasteiger partial charge in [-0.3, -0.25) is 0 Å². The zero-order valence-corrected chi connectivity index (χ0v) is 10.5. The molecule has 1 aromatic rings. The van der Waals surface area contributed by atoms with E-state index in [1.807, 2.05) is 11.4 Å². The largest absolute Gasteiger partial charge is 0.312 e. The van der Waals surface area contributed by atoms with E-state index in [0.29, 0.717) is 0 Å². The van der Waals surface area contributed by atoms with Gasteiger partial charge in [0, 0.05) is 16.8 Å². The molecule has 0 saturated heterocycles. The first-order valence-corrected chi connectivity index (χ1v) is 6.86. The fourth-order valence-electron chi connectivity index (χ4n) is 2.44. The summed E-state index contributed by atoms with van der Waals surface area (Å²) < 4.78 is 0. The van der Waals surface area contributed by atoms with Crippen LogP contribution < -0.4 is 5.32 Å². The van der Waals surface area contributed by atoms with Crippen LogP contribution in [0.1, 0.15) is 36.6 Å². The van der Waals surface area contributed by atoms with Gasteiger partial charge in [-0.05, 0) is 30.9 Å². The molecule has 3 heteroatoms. The fourth-order valence-corrected chi connectivity index (χ4v) is 3.22. The Kier molecular flexibility index (Phi) is 3.98. The summed E-state index contributed by atoms with van der Waals surface area (Å²) in [6, 6.07) is 4.15. The van der Waals surface area contributed by atoms with Crippen LogP contribution in [-0.2, 0) is 6.54 Å².